The molecule has 4 rings (SSSR count). The van der Waals surface area contributed by atoms with Gasteiger partial charge in [-0.25, -0.2) is 4.79 Å². The van der Waals surface area contributed by atoms with E-state index in [1.54, 1.807) is 4.90 Å². The van der Waals surface area contributed by atoms with Gasteiger partial charge in [-0.15, -0.1) is 0 Å². The zero-order chi connectivity index (χ0) is 24.1. The van der Waals surface area contributed by atoms with Crippen molar-refractivity contribution in [3.05, 3.63) is 59.7 Å². The standard InChI is InChI=1S/C26H30N2O6/c1-17(25(31)28-12-13-33-18(15-28)14-24(29)30)10-11-27-26(32)34-16-23-21-8-4-2-6-19(21)20-7-3-5-9-22(20)23/h2-9,17-18,23H,10-16H2,1H3,(H,27,32)(H,29,30). The molecule has 1 heterocycles. The maximum atomic E-state index is 12.7. The van der Waals surface area contributed by atoms with E-state index in [1.165, 1.54) is 11.1 Å². The lowest BCUT2D eigenvalue weighted by Gasteiger charge is -2.34. The van der Waals surface area contributed by atoms with Crippen LogP contribution in [0.3, 0.4) is 0 Å². The highest BCUT2D eigenvalue weighted by Crippen LogP contribution is 2.44. The lowest BCUT2D eigenvalue weighted by Crippen LogP contribution is -2.48. The van der Waals surface area contributed by atoms with Gasteiger partial charge in [0.1, 0.15) is 6.61 Å². The fourth-order valence-corrected chi connectivity index (χ4v) is 4.71. The highest BCUT2D eigenvalue weighted by atomic mass is 16.5. The number of nitrogens with zero attached hydrogens (tertiary/aromatic N) is 1. The molecule has 1 saturated heterocycles. The van der Waals surface area contributed by atoms with E-state index in [9.17, 15) is 14.4 Å². The molecule has 1 aliphatic carbocycles. The average molecular weight is 467 g/mol. The number of alkyl carbamates (subject to hydrolysis) is 1. The van der Waals surface area contributed by atoms with Gasteiger partial charge in [-0.05, 0) is 28.7 Å². The molecule has 0 saturated carbocycles. The highest BCUT2D eigenvalue weighted by Gasteiger charge is 2.30. The van der Waals surface area contributed by atoms with Crippen LogP contribution in [0, 0.1) is 5.92 Å². The molecule has 2 atom stereocenters. The summed E-state index contributed by atoms with van der Waals surface area (Å²) in [6, 6.07) is 16.3. The van der Waals surface area contributed by atoms with Crippen LogP contribution < -0.4 is 5.32 Å². The van der Waals surface area contributed by atoms with Crippen molar-refractivity contribution in [2.24, 2.45) is 5.92 Å². The highest BCUT2D eigenvalue weighted by molar-refractivity contribution is 5.80. The second-order valence-electron chi connectivity index (χ2n) is 8.82. The first-order chi connectivity index (χ1) is 16.4. The number of ether oxygens (including phenoxy) is 2. The number of rotatable bonds is 8. The topological polar surface area (TPSA) is 105 Å². The molecule has 2 unspecified atom stereocenters. The van der Waals surface area contributed by atoms with E-state index >= 15 is 0 Å². The number of carboxylic acid groups (broad SMARTS) is 1. The number of benzene rings is 2. The molecule has 0 bridgehead atoms. The minimum atomic E-state index is -0.945. The number of aliphatic carboxylic acids is 1. The molecular formula is C26H30N2O6. The molecule has 2 aliphatic rings. The fourth-order valence-electron chi connectivity index (χ4n) is 4.71. The molecule has 34 heavy (non-hydrogen) atoms. The Hall–Kier alpha value is -3.39. The van der Waals surface area contributed by atoms with Gasteiger partial charge in [0.05, 0.1) is 19.1 Å². The number of morpholine rings is 1. The van der Waals surface area contributed by atoms with Crippen LogP contribution in [0.5, 0.6) is 0 Å². The summed E-state index contributed by atoms with van der Waals surface area (Å²) in [7, 11) is 0. The third-order valence-corrected chi connectivity index (χ3v) is 6.46. The van der Waals surface area contributed by atoms with Crippen LogP contribution in [0.1, 0.15) is 36.8 Å². The quantitative estimate of drug-likeness (QED) is 0.619. The van der Waals surface area contributed by atoms with Crippen molar-refractivity contribution in [1.82, 2.24) is 10.2 Å². The number of hydrogen-bond donors (Lipinski definition) is 2. The predicted molar refractivity (Wildman–Crippen MR) is 125 cm³/mol. The number of hydrogen-bond acceptors (Lipinski definition) is 5. The van der Waals surface area contributed by atoms with E-state index in [0.29, 0.717) is 26.1 Å². The molecule has 180 valence electrons. The number of carboxylic acids is 1. The van der Waals surface area contributed by atoms with Crippen LogP contribution in [-0.4, -0.2) is 66.9 Å². The third-order valence-electron chi connectivity index (χ3n) is 6.46. The van der Waals surface area contributed by atoms with Gasteiger partial charge < -0.3 is 24.8 Å². The van der Waals surface area contributed by atoms with Crippen molar-refractivity contribution in [2.75, 3.05) is 32.8 Å². The van der Waals surface area contributed by atoms with Crippen LogP contribution in [-0.2, 0) is 19.1 Å². The van der Waals surface area contributed by atoms with Gasteiger partial charge in [0, 0.05) is 31.5 Å². The molecular weight excluding hydrogens is 436 g/mol. The minimum Gasteiger partial charge on any atom is -0.481 e. The van der Waals surface area contributed by atoms with E-state index in [0.717, 1.165) is 11.1 Å². The Labute approximate surface area is 198 Å². The number of amides is 2. The summed E-state index contributed by atoms with van der Waals surface area (Å²) in [4.78, 5) is 37.6. The molecule has 0 aromatic heterocycles. The summed E-state index contributed by atoms with van der Waals surface area (Å²) in [6.45, 7) is 3.41. The minimum absolute atomic E-state index is 0.00119. The van der Waals surface area contributed by atoms with E-state index in [1.807, 2.05) is 31.2 Å². The molecule has 1 fully saturated rings. The van der Waals surface area contributed by atoms with Gasteiger partial charge >= 0.3 is 12.1 Å². The second-order valence-corrected chi connectivity index (χ2v) is 8.82. The SMILES string of the molecule is CC(CCNC(=O)OCC1c2ccccc2-c2ccccc21)C(=O)N1CCOC(CC(=O)O)C1. The molecule has 0 radical (unpaired) electrons. The van der Waals surface area contributed by atoms with Gasteiger partial charge in [-0.3, -0.25) is 9.59 Å². The maximum Gasteiger partial charge on any atom is 0.407 e. The van der Waals surface area contributed by atoms with Crippen molar-refractivity contribution in [3.63, 3.8) is 0 Å². The second kappa shape index (κ2) is 10.7. The Kier molecular flexibility index (Phi) is 7.47. The summed E-state index contributed by atoms with van der Waals surface area (Å²) in [6.07, 6.45) is -0.651. The molecule has 2 amide bonds. The lowest BCUT2D eigenvalue weighted by molar-refractivity contribution is -0.149. The van der Waals surface area contributed by atoms with Crippen LogP contribution in [0.25, 0.3) is 11.1 Å². The Morgan fingerprint density at radius 2 is 1.76 bits per heavy atom. The Morgan fingerprint density at radius 1 is 1.12 bits per heavy atom. The Morgan fingerprint density at radius 3 is 2.41 bits per heavy atom. The zero-order valence-corrected chi connectivity index (χ0v) is 19.2. The largest absolute Gasteiger partial charge is 0.481 e. The normalized spacial score (nSPS) is 18.0. The number of nitrogens with one attached hydrogen (secondary N) is 1. The molecule has 8 nitrogen and oxygen atoms in total. The summed E-state index contributed by atoms with van der Waals surface area (Å²) in [5, 5.41) is 11.7. The van der Waals surface area contributed by atoms with Crippen molar-refractivity contribution >= 4 is 18.0 Å². The van der Waals surface area contributed by atoms with Crippen LogP contribution in [0.2, 0.25) is 0 Å². The van der Waals surface area contributed by atoms with Crippen molar-refractivity contribution in [2.45, 2.75) is 31.8 Å². The number of carbonyl (C=O) groups excluding carboxylic acids is 2. The monoisotopic (exact) mass is 466 g/mol. The zero-order valence-electron chi connectivity index (χ0n) is 19.2. The van der Waals surface area contributed by atoms with E-state index in [-0.39, 0.29) is 37.3 Å². The average Bonchev–Trinajstić information content (AvgIpc) is 3.15. The number of carbonyl (C=O) groups is 3. The summed E-state index contributed by atoms with van der Waals surface area (Å²) < 4.78 is 11.0. The fraction of sp³-hybridized carbons (Fsp3) is 0.423. The van der Waals surface area contributed by atoms with Crippen LogP contribution in [0.15, 0.2) is 48.5 Å². The van der Waals surface area contributed by atoms with Gasteiger partial charge in [-0.2, -0.15) is 0 Å². The summed E-state index contributed by atoms with van der Waals surface area (Å²) in [5.74, 6) is -1.32. The predicted octanol–water partition coefficient (Wildman–Crippen LogP) is 3.25. The van der Waals surface area contributed by atoms with Gasteiger partial charge in [-0.1, -0.05) is 55.5 Å². The van der Waals surface area contributed by atoms with Gasteiger partial charge in [0.25, 0.3) is 0 Å². The lowest BCUT2D eigenvalue weighted by atomic mass is 9.98. The first-order valence-electron chi connectivity index (χ1n) is 11.6. The number of fused-ring (bicyclic) bond motifs is 3. The summed E-state index contributed by atoms with van der Waals surface area (Å²) >= 11 is 0. The van der Waals surface area contributed by atoms with Crippen molar-refractivity contribution in [3.8, 4) is 11.1 Å². The van der Waals surface area contributed by atoms with Gasteiger partial charge in [0.2, 0.25) is 5.91 Å². The van der Waals surface area contributed by atoms with E-state index in [2.05, 4.69) is 29.6 Å². The third kappa shape index (κ3) is 5.39. The van der Waals surface area contributed by atoms with Gasteiger partial charge in [0.15, 0.2) is 0 Å². The van der Waals surface area contributed by atoms with Crippen LogP contribution in [0.4, 0.5) is 4.79 Å². The maximum absolute atomic E-state index is 12.7. The van der Waals surface area contributed by atoms with Crippen molar-refractivity contribution in [1.29, 1.82) is 0 Å². The summed E-state index contributed by atoms with van der Waals surface area (Å²) in [5.41, 5.74) is 4.66. The molecule has 8 heteroatoms. The Balaban J connectivity index is 1.23. The first-order valence-corrected chi connectivity index (χ1v) is 11.6. The molecule has 0 spiro atoms. The van der Waals surface area contributed by atoms with E-state index < -0.39 is 18.2 Å². The smallest absolute Gasteiger partial charge is 0.407 e. The molecule has 1 aliphatic heterocycles. The molecule has 2 N–H and O–H groups in total. The van der Waals surface area contributed by atoms with Crippen LogP contribution >= 0.6 is 0 Å². The molecule has 2 aromatic rings. The first kappa shape index (κ1) is 23.8. The Bertz CT molecular complexity index is 1010. The molecule has 2 aromatic carbocycles. The van der Waals surface area contributed by atoms with E-state index in [4.69, 9.17) is 14.6 Å². The van der Waals surface area contributed by atoms with Crippen molar-refractivity contribution < 1.29 is 29.0 Å².